The molecule has 115 valence electrons. The topological polar surface area (TPSA) is 40.5 Å². The van der Waals surface area contributed by atoms with Crippen molar-refractivity contribution in [1.29, 1.82) is 0 Å². The van der Waals surface area contributed by atoms with Gasteiger partial charge in [-0.1, -0.05) is 23.7 Å². The van der Waals surface area contributed by atoms with Crippen molar-refractivity contribution >= 4 is 22.6 Å². The molecule has 6 heteroatoms. The van der Waals surface area contributed by atoms with Gasteiger partial charge in [0.2, 0.25) is 5.56 Å². The molecule has 0 N–H and O–H groups in total. The SMILES string of the molecule is COCCOc1ccc(-c2[c-]cc(I)c(=O)n2C)c(C)c1.[Y]. The van der Waals surface area contributed by atoms with Crippen LogP contribution in [0, 0.1) is 16.6 Å². The van der Waals surface area contributed by atoms with E-state index in [9.17, 15) is 4.79 Å². The molecule has 0 fully saturated rings. The Kier molecular flexibility index (Phi) is 8.24. The second-order valence-corrected chi connectivity index (χ2v) is 5.83. The fraction of sp³-hybridized carbons (Fsp3) is 0.312. The van der Waals surface area contributed by atoms with Gasteiger partial charge in [0, 0.05) is 46.9 Å². The van der Waals surface area contributed by atoms with Gasteiger partial charge in [-0.2, -0.15) is 12.1 Å². The zero-order valence-electron chi connectivity index (χ0n) is 12.9. The van der Waals surface area contributed by atoms with Crippen LogP contribution in [0.5, 0.6) is 5.75 Å². The number of rotatable bonds is 5. The first kappa shape index (κ1) is 19.8. The largest absolute Gasteiger partial charge is 0.491 e. The Morgan fingerprint density at radius 1 is 1.32 bits per heavy atom. The van der Waals surface area contributed by atoms with Crippen LogP contribution in [-0.4, -0.2) is 24.9 Å². The van der Waals surface area contributed by atoms with E-state index in [0.29, 0.717) is 16.8 Å². The number of methoxy groups -OCH3 is 1. The fourth-order valence-corrected chi connectivity index (χ4v) is 2.56. The first-order chi connectivity index (χ1) is 10.0. The third-order valence-electron chi connectivity index (χ3n) is 3.19. The smallest absolute Gasteiger partial charge is 0.207 e. The molecule has 1 aromatic carbocycles. The molecular formula is C16H17INO3Y-. The normalized spacial score (nSPS) is 10.2. The van der Waals surface area contributed by atoms with Crippen LogP contribution in [-0.2, 0) is 44.5 Å². The summed E-state index contributed by atoms with van der Waals surface area (Å²) in [6.45, 7) is 3.07. The van der Waals surface area contributed by atoms with E-state index >= 15 is 0 Å². The molecule has 22 heavy (non-hydrogen) atoms. The minimum atomic E-state index is -0.0100. The number of benzene rings is 1. The summed E-state index contributed by atoms with van der Waals surface area (Å²) in [5.41, 5.74) is 2.79. The molecule has 0 aliphatic rings. The Morgan fingerprint density at radius 2 is 2.05 bits per heavy atom. The van der Waals surface area contributed by atoms with Gasteiger partial charge in [-0.05, 0) is 15.7 Å². The quantitative estimate of drug-likeness (QED) is 0.370. The Morgan fingerprint density at radius 3 is 2.68 bits per heavy atom. The predicted octanol–water partition coefficient (Wildman–Crippen LogP) is 2.79. The van der Waals surface area contributed by atoms with E-state index in [1.807, 2.05) is 47.7 Å². The summed E-state index contributed by atoms with van der Waals surface area (Å²) in [5, 5.41) is 0. The maximum atomic E-state index is 12.0. The average Bonchev–Trinajstić information content (AvgIpc) is 2.46. The van der Waals surface area contributed by atoms with E-state index in [-0.39, 0.29) is 38.3 Å². The Bertz CT molecular complexity index is 700. The molecule has 2 rings (SSSR count). The second kappa shape index (κ2) is 9.16. The van der Waals surface area contributed by atoms with Gasteiger partial charge >= 0.3 is 0 Å². The molecule has 0 saturated heterocycles. The summed E-state index contributed by atoms with van der Waals surface area (Å²) in [4.78, 5) is 12.0. The van der Waals surface area contributed by atoms with E-state index in [1.165, 1.54) is 0 Å². The van der Waals surface area contributed by atoms with E-state index < -0.39 is 0 Å². The van der Waals surface area contributed by atoms with Crippen molar-refractivity contribution in [2.24, 2.45) is 7.05 Å². The van der Waals surface area contributed by atoms with Crippen LogP contribution in [0.15, 0.2) is 29.1 Å². The fourth-order valence-electron chi connectivity index (χ4n) is 2.04. The summed E-state index contributed by atoms with van der Waals surface area (Å²) >= 11 is 2.02. The van der Waals surface area contributed by atoms with E-state index in [1.54, 1.807) is 24.8 Å². The van der Waals surface area contributed by atoms with Crippen molar-refractivity contribution < 1.29 is 42.2 Å². The number of nitrogens with zero attached hydrogens (tertiary/aromatic N) is 1. The second-order valence-electron chi connectivity index (χ2n) is 4.67. The number of hydrogen-bond donors (Lipinski definition) is 0. The minimum absolute atomic E-state index is 0. The molecular weight excluding hydrogens is 470 g/mol. The molecule has 0 saturated carbocycles. The number of ether oxygens (including phenoxy) is 2. The van der Waals surface area contributed by atoms with Gasteiger partial charge < -0.3 is 14.0 Å². The summed E-state index contributed by atoms with van der Waals surface area (Å²) in [6.07, 6.45) is 0. The van der Waals surface area contributed by atoms with Crippen LogP contribution in [0.2, 0.25) is 0 Å². The van der Waals surface area contributed by atoms with Crippen molar-refractivity contribution in [2.45, 2.75) is 6.92 Å². The van der Waals surface area contributed by atoms with E-state index in [0.717, 1.165) is 22.6 Å². The Hall–Kier alpha value is -0.236. The molecule has 0 atom stereocenters. The standard InChI is InChI=1S/C16H17INO3.Y/c1-11-10-12(21-9-8-20-3)4-5-13(11)15-7-6-14(17)16(19)18(15)2;/h4-6,10H,8-9H2,1-3H3;/q-1;. The van der Waals surface area contributed by atoms with Gasteiger partial charge in [0.15, 0.2) is 0 Å². The van der Waals surface area contributed by atoms with Crippen molar-refractivity contribution in [3.63, 3.8) is 0 Å². The molecule has 1 radical (unpaired) electrons. The summed E-state index contributed by atoms with van der Waals surface area (Å²) in [5.74, 6) is 0.795. The monoisotopic (exact) mass is 487 g/mol. The third kappa shape index (κ3) is 4.63. The van der Waals surface area contributed by atoms with Crippen molar-refractivity contribution in [2.75, 3.05) is 20.3 Å². The van der Waals surface area contributed by atoms with Crippen molar-refractivity contribution in [1.82, 2.24) is 4.57 Å². The molecule has 0 aliphatic carbocycles. The van der Waals surface area contributed by atoms with Crippen LogP contribution >= 0.6 is 22.6 Å². The van der Waals surface area contributed by atoms with Crippen LogP contribution in [0.4, 0.5) is 0 Å². The summed E-state index contributed by atoms with van der Waals surface area (Å²) in [6, 6.07) is 10.7. The van der Waals surface area contributed by atoms with Gasteiger partial charge in [0.1, 0.15) is 12.4 Å². The van der Waals surface area contributed by atoms with Gasteiger partial charge in [-0.3, -0.25) is 4.79 Å². The molecule has 0 aliphatic heterocycles. The molecule has 4 nitrogen and oxygen atoms in total. The van der Waals surface area contributed by atoms with Crippen LogP contribution < -0.4 is 10.3 Å². The predicted molar refractivity (Wildman–Crippen MR) is 90.8 cm³/mol. The van der Waals surface area contributed by atoms with Crippen LogP contribution in [0.3, 0.4) is 0 Å². The first-order valence-corrected chi connectivity index (χ1v) is 7.62. The molecule has 1 aromatic heterocycles. The summed E-state index contributed by atoms with van der Waals surface area (Å²) < 4.78 is 12.8. The Balaban J connectivity index is 0.00000242. The number of pyridine rings is 1. The molecule has 2 aromatic rings. The molecule has 1 heterocycles. The first-order valence-electron chi connectivity index (χ1n) is 6.54. The minimum Gasteiger partial charge on any atom is -0.491 e. The van der Waals surface area contributed by atoms with Gasteiger partial charge in [0.25, 0.3) is 0 Å². The van der Waals surface area contributed by atoms with E-state index in [2.05, 4.69) is 6.07 Å². The number of aromatic nitrogens is 1. The molecule has 0 amide bonds. The number of halogens is 1. The maximum Gasteiger partial charge on any atom is 0.207 e. The zero-order chi connectivity index (χ0) is 15.4. The average molecular weight is 487 g/mol. The number of hydrogen-bond acceptors (Lipinski definition) is 3. The zero-order valence-corrected chi connectivity index (χ0v) is 17.8. The number of aryl methyl sites for hydroxylation is 1. The third-order valence-corrected chi connectivity index (χ3v) is 3.96. The van der Waals surface area contributed by atoms with Gasteiger partial charge in [0.05, 0.1) is 6.61 Å². The Labute approximate surface area is 169 Å². The van der Waals surface area contributed by atoms with Gasteiger partial charge in [-0.25, -0.2) is 0 Å². The van der Waals surface area contributed by atoms with Crippen LogP contribution in [0.25, 0.3) is 11.3 Å². The molecule has 0 bridgehead atoms. The molecule has 0 unspecified atom stereocenters. The van der Waals surface area contributed by atoms with E-state index in [4.69, 9.17) is 9.47 Å². The maximum absolute atomic E-state index is 12.0. The molecule has 0 spiro atoms. The van der Waals surface area contributed by atoms with Crippen molar-refractivity contribution in [3.8, 4) is 17.0 Å². The van der Waals surface area contributed by atoms with Crippen molar-refractivity contribution in [3.05, 3.63) is 49.8 Å². The summed E-state index contributed by atoms with van der Waals surface area (Å²) in [7, 11) is 3.41. The van der Waals surface area contributed by atoms with Gasteiger partial charge in [-0.15, -0.1) is 28.7 Å². The van der Waals surface area contributed by atoms with Crippen LogP contribution in [0.1, 0.15) is 5.56 Å².